The van der Waals surface area contributed by atoms with E-state index in [0.717, 1.165) is 0 Å². The van der Waals surface area contributed by atoms with E-state index < -0.39 is 15.7 Å². The Hall–Kier alpha value is -4.29. The SMILES string of the molecule is CN(C)c1c(C(=O)NO)cccc1S(=O)(=O)c1ccc(OCCCNC(=O)c2ccc3c(c2)OCO3)cc1. The van der Waals surface area contributed by atoms with Crippen molar-refractivity contribution in [3.63, 3.8) is 0 Å². The molecule has 11 nitrogen and oxygen atoms in total. The van der Waals surface area contributed by atoms with Crippen LogP contribution >= 0.6 is 0 Å². The second kappa shape index (κ2) is 11.4. The van der Waals surface area contributed by atoms with Crippen molar-refractivity contribution in [2.75, 3.05) is 38.9 Å². The quantitative estimate of drug-likeness (QED) is 0.200. The Bertz CT molecular complexity index is 1440. The van der Waals surface area contributed by atoms with Crippen molar-refractivity contribution < 1.29 is 37.4 Å². The predicted octanol–water partition coefficient (Wildman–Crippen LogP) is 2.63. The van der Waals surface area contributed by atoms with Gasteiger partial charge >= 0.3 is 0 Å². The summed E-state index contributed by atoms with van der Waals surface area (Å²) >= 11 is 0. The van der Waals surface area contributed by atoms with Gasteiger partial charge in [0.1, 0.15) is 5.75 Å². The number of para-hydroxylation sites is 1. The molecule has 3 aromatic rings. The van der Waals surface area contributed by atoms with Crippen LogP contribution in [-0.2, 0) is 9.84 Å². The van der Waals surface area contributed by atoms with Gasteiger partial charge in [-0.3, -0.25) is 14.8 Å². The monoisotopic (exact) mass is 541 g/mol. The zero-order valence-electron chi connectivity index (χ0n) is 20.8. The Morgan fingerprint density at radius 1 is 1.00 bits per heavy atom. The lowest BCUT2D eigenvalue weighted by molar-refractivity contribution is 0.0706. The summed E-state index contributed by atoms with van der Waals surface area (Å²) in [6.45, 7) is 0.819. The Kier molecular flexibility index (Phi) is 8.03. The van der Waals surface area contributed by atoms with Gasteiger partial charge in [0, 0.05) is 26.2 Å². The van der Waals surface area contributed by atoms with Crippen LogP contribution in [-0.4, -0.2) is 59.5 Å². The molecule has 0 bridgehead atoms. The van der Waals surface area contributed by atoms with E-state index in [1.807, 2.05) is 0 Å². The van der Waals surface area contributed by atoms with Crippen LogP contribution in [0.15, 0.2) is 70.5 Å². The van der Waals surface area contributed by atoms with Gasteiger partial charge in [0.15, 0.2) is 11.5 Å². The highest BCUT2D eigenvalue weighted by atomic mass is 32.2. The largest absolute Gasteiger partial charge is 0.494 e. The van der Waals surface area contributed by atoms with Crippen LogP contribution in [0.25, 0.3) is 0 Å². The average molecular weight is 542 g/mol. The van der Waals surface area contributed by atoms with Crippen molar-refractivity contribution >= 4 is 27.3 Å². The van der Waals surface area contributed by atoms with Gasteiger partial charge in [-0.15, -0.1) is 0 Å². The van der Waals surface area contributed by atoms with E-state index in [2.05, 4.69) is 5.32 Å². The molecule has 0 saturated carbocycles. The summed E-state index contributed by atoms with van der Waals surface area (Å²) in [7, 11) is -0.771. The molecule has 200 valence electrons. The predicted molar refractivity (Wildman–Crippen MR) is 137 cm³/mol. The Labute approximate surface area is 219 Å². The maximum atomic E-state index is 13.4. The molecule has 2 amide bonds. The zero-order valence-corrected chi connectivity index (χ0v) is 21.6. The van der Waals surface area contributed by atoms with E-state index in [4.69, 9.17) is 19.4 Å². The lowest BCUT2D eigenvalue weighted by Gasteiger charge is -2.20. The normalized spacial score (nSPS) is 12.1. The number of hydrogen-bond donors (Lipinski definition) is 3. The first kappa shape index (κ1) is 26.8. The number of anilines is 1. The standard InChI is InChI=1S/C26H27N3O8S/c1-29(2)24-20(26(31)28-32)5-3-6-23(24)38(33,34)19-10-8-18(9-11-19)35-14-4-13-27-25(30)17-7-12-21-22(15-17)37-16-36-21/h3,5-12,15,32H,4,13-14,16H2,1-2H3,(H,27,30)(H,28,31). The van der Waals surface area contributed by atoms with Gasteiger partial charge in [0.05, 0.1) is 27.6 Å². The number of carbonyl (C=O) groups excluding carboxylic acids is 2. The van der Waals surface area contributed by atoms with Gasteiger partial charge in [0.25, 0.3) is 11.8 Å². The summed E-state index contributed by atoms with van der Waals surface area (Å²) in [5, 5.41) is 11.9. The fourth-order valence-electron chi connectivity index (χ4n) is 3.89. The molecule has 38 heavy (non-hydrogen) atoms. The third-order valence-corrected chi connectivity index (χ3v) is 7.53. The summed E-state index contributed by atoms with van der Waals surface area (Å²) in [4.78, 5) is 25.8. The van der Waals surface area contributed by atoms with Crippen molar-refractivity contribution in [1.29, 1.82) is 0 Å². The van der Waals surface area contributed by atoms with Crippen LogP contribution in [0.5, 0.6) is 17.2 Å². The summed E-state index contributed by atoms with van der Waals surface area (Å²) in [5.74, 6) is 0.548. The molecule has 12 heteroatoms. The van der Waals surface area contributed by atoms with E-state index in [9.17, 15) is 18.0 Å². The number of fused-ring (bicyclic) bond motifs is 1. The number of ether oxygens (including phenoxy) is 3. The minimum atomic E-state index is -3.99. The summed E-state index contributed by atoms with van der Waals surface area (Å²) < 4.78 is 42.9. The van der Waals surface area contributed by atoms with Gasteiger partial charge in [-0.2, -0.15) is 0 Å². The number of rotatable bonds is 10. The molecule has 3 aromatic carbocycles. The van der Waals surface area contributed by atoms with E-state index in [1.54, 1.807) is 37.8 Å². The third-order valence-electron chi connectivity index (χ3n) is 5.73. The van der Waals surface area contributed by atoms with Crippen LogP contribution in [0.1, 0.15) is 27.1 Å². The first-order chi connectivity index (χ1) is 18.2. The molecule has 1 heterocycles. The van der Waals surface area contributed by atoms with Gasteiger partial charge < -0.3 is 24.4 Å². The van der Waals surface area contributed by atoms with Crippen molar-refractivity contribution in [3.8, 4) is 17.2 Å². The highest BCUT2D eigenvalue weighted by Crippen LogP contribution is 2.34. The van der Waals surface area contributed by atoms with Gasteiger partial charge in [-0.25, -0.2) is 13.9 Å². The molecule has 0 radical (unpaired) electrons. The Morgan fingerprint density at radius 2 is 1.74 bits per heavy atom. The van der Waals surface area contributed by atoms with Crippen LogP contribution in [0, 0.1) is 0 Å². The minimum absolute atomic E-state index is 0.0177. The van der Waals surface area contributed by atoms with Crippen LogP contribution in [0.2, 0.25) is 0 Å². The highest BCUT2D eigenvalue weighted by molar-refractivity contribution is 7.91. The van der Waals surface area contributed by atoms with Crippen molar-refractivity contribution in [3.05, 3.63) is 71.8 Å². The molecule has 3 N–H and O–H groups in total. The number of amides is 2. The van der Waals surface area contributed by atoms with Gasteiger partial charge in [-0.05, 0) is 61.0 Å². The third kappa shape index (κ3) is 5.66. The smallest absolute Gasteiger partial charge is 0.276 e. The number of hydrogen-bond acceptors (Lipinski definition) is 9. The number of benzene rings is 3. The lowest BCUT2D eigenvalue weighted by Crippen LogP contribution is -2.25. The summed E-state index contributed by atoms with van der Waals surface area (Å²) in [6, 6.07) is 15.2. The first-order valence-corrected chi connectivity index (χ1v) is 13.1. The number of carbonyl (C=O) groups is 2. The number of hydroxylamine groups is 1. The molecule has 0 fully saturated rings. The second-order valence-electron chi connectivity index (χ2n) is 8.49. The molecule has 0 aromatic heterocycles. The topological polar surface area (TPSA) is 144 Å². The molecule has 0 atom stereocenters. The molecular formula is C26H27N3O8S. The highest BCUT2D eigenvalue weighted by Gasteiger charge is 2.26. The van der Waals surface area contributed by atoms with Crippen LogP contribution in [0.3, 0.4) is 0 Å². The van der Waals surface area contributed by atoms with Crippen molar-refractivity contribution in [2.24, 2.45) is 0 Å². The minimum Gasteiger partial charge on any atom is -0.494 e. The molecule has 1 aliphatic rings. The fourth-order valence-corrected chi connectivity index (χ4v) is 5.44. The van der Waals surface area contributed by atoms with Crippen molar-refractivity contribution in [2.45, 2.75) is 16.2 Å². The average Bonchev–Trinajstić information content (AvgIpc) is 3.40. The number of nitrogens with zero attached hydrogens (tertiary/aromatic N) is 1. The lowest BCUT2D eigenvalue weighted by atomic mass is 10.1. The Morgan fingerprint density at radius 3 is 2.45 bits per heavy atom. The van der Waals surface area contributed by atoms with Gasteiger partial charge in [0.2, 0.25) is 16.6 Å². The fraction of sp³-hybridized carbons (Fsp3) is 0.231. The molecule has 0 spiro atoms. The van der Waals surface area contributed by atoms with Crippen molar-refractivity contribution in [1.82, 2.24) is 10.8 Å². The first-order valence-electron chi connectivity index (χ1n) is 11.6. The van der Waals surface area contributed by atoms with E-state index in [1.165, 1.54) is 47.4 Å². The molecule has 0 aliphatic carbocycles. The van der Waals surface area contributed by atoms with E-state index in [-0.39, 0.29) is 33.7 Å². The van der Waals surface area contributed by atoms with Crippen LogP contribution in [0.4, 0.5) is 5.69 Å². The van der Waals surface area contributed by atoms with Crippen LogP contribution < -0.4 is 29.9 Å². The number of nitrogens with one attached hydrogen (secondary N) is 2. The number of sulfone groups is 1. The molecule has 4 rings (SSSR count). The van der Waals surface area contributed by atoms with Gasteiger partial charge in [-0.1, -0.05) is 6.07 Å². The molecule has 0 unspecified atom stereocenters. The molecular weight excluding hydrogens is 514 g/mol. The maximum Gasteiger partial charge on any atom is 0.276 e. The summed E-state index contributed by atoms with van der Waals surface area (Å²) in [6.07, 6.45) is 0.530. The Balaban J connectivity index is 1.34. The zero-order chi connectivity index (χ0) is 27.3. The molecule has 1 aliphatic heterocycles. The van der Waals surface area contributed by atoms with E-state index in [0.29, 0.717) is 42.4 Å². The molecule has 0 saturated heterocycles. The second-order valence-corrected chi connectivity index (χ2v) is 10.4. The van der Waals surface area contributed by atoms with E-state index >= 15 is 0 Å². The summed E-state index contributed by atoms with van der Waals surface area (Å²) in [5.41, 5.74) is 2.18. The maximum absolute atomic E-state index is 13.4.